The molecular weight excluding hydrogens is 208 g/mol. The van der Waals surface area contributed by atoms with Gasteiger partial charge in [0, 0.05) is 11.4 Å². The fraction of sp³-hybridized carbons (Fsp3) is 0.727. The molecular formula is C11H18N2OS. The van der Waals surface area contributed by atoms with E-state index in [4.69, 9.17) is 0 Å². The summed E-state index contributed by atoms with van der Waals surface area (Å²) < 4.78 is 0. The standard InChI is InChI=1S/C11H18N2OS/c1-7-4-5-13(10(7)6-14)11-12-8(2)9(3)15-11/h7,10,14H,4-6H2,1-3H3. The van der Waals surface area contributed by atoms with E-state index < -0.39 is 0 Å². The van der Waals surface area contributed by atoms with Crippen LogP contribution in [0.4, 0.5) is 5.13 Å². The van der Waals surface area contributed by atoms with Gasteiger partial charge in [-0.25, -0.2) is 4.98 Å². The van der Waals surface area contributed by atoms with Gasteiger partial charge in [0.25, 0.3) is 0 Å². The Bertz CT molecular complexity index is 331. The van der Waals surface area contributed by atoms with E-state index >= 15 is 0 Å². The lowest BCUT2D eigenvalue weighted by Crippen LogP contribution is -2.35. The highest BCUT2D eigenvalue weighted by molar-refractivity contribution is 7.15. The van der Waals surface area contributed by atoms with Crippen molar-refractivity contribution >= 4 is 16.5 Å². The Kier molecular flexibility index (Phi) is 2.98. The molecule has 1 fully saturated rings. The molecule has 0 bridgehead atoms. The van der Waals surface area contributed by atoms with Gasteiger partial charge in [0.15, 0.2) is 5.13 Å². The summed E-state index contributed by atoms with van der Waals surface area (Å²) in [4.78, 5) is 8.10. The Hall–Kier alpha value is -0.610. The molecule has 3 nitrogen and oxygen atoms in total. The molecule has 0 spiro atoms. The summed E-state index contributed by atoms with van der Waals surface area (Å²) in [5, 5.41) is 10.5. The van der Waals surface area contributed by atoms with Crippen molar-refractivity contribution in [3.63, 3.8) is 0 Å². The zero-order valence-corrected chi connectivity index (χ0v) is 10.3. The van der Waals surface area contributed by atoms with Crippen molar-refractivity contribution in [2.24, 2.45) is 5.92 Å². The first-order valence-electron chi connectivity index (χ1n) is 5.45. The van der Waals surface area contributed by atoms with Crippen molar-refractivity contribution in [2.45, 2.75) is 33.2 Å². The monoisotopic (exact) mass is 226 g/mol. The largest absolute Gasteiger partial charge is 0.394 e. The van der Waals surface area contributed by atoms with E-state index in [0.717, 1.165) is 23.8 Å². The minimum absolute atomic E-state index is 0.235. The zero-order valence-electron chi connectivity index (χ0n) is 9.53. The second-order valence-corrected chi connectivity index (χ2v) is 5.53. The second kappa shape index (κ2) is 4.10. The van der Waals surface area contributed by atoms with Gasteiger partial charge in [-0.05, 0) is 26.2 Å². The summed E-state index contributed by atoms with van der Waals surface area (Å²) in [5.74, 6) is 0.569. The van der Waals surface area contributed by atoms with Gasteiger partial charge in [-0.2, -0.15) is 0 Å². The van der Waals surface area contributed by atoms with Gasteiger partial charge in [-0.3, -0.25) is 0 Å². The first-order valence-corrected chi connectivity index (χ1v) is 6.26. The maximum absolute atomic E-state index is 9.38. The first kappa shape index (κ1) is 10.9. The van der Waals surface area contributed by atoms with E-state index in [9.17, 15) is 5.11 Å². The van der Waals surface area contributed by atoms with Gasteiger partial charge < -0.3 is 10.0 Å². The normalized spacial score (nSPS) is 26.3. The minimum atomic E-state index is 0.235. The number of aromatic nitrogens is 1. The van der Waals surface area contributed by atoms with Gasteiger partial charge in [0.1, 0.15) is 0 Å². The highest BCUT2D eigenvalue weighted by Crippen LogP contribution is 2.33. The smallest absolute Gasteiger partial charge is 0.186 e. The van der Waals surface area contributed by atoms with Crippen molar-refractivity contribution in [3.05, 3.63) is 10.6 Å². The van der Waals surface area contributed by atoms with Gasteiger partial charge >= 0.3 is 0 Å². The summed E-state index contributed by atoms with van der Waals surface area (Å²) in [6, 6.07) is 0.259. The van der Waals surface area contributed by atoms with Crippen LogP contribution in [0.25, 0.3) is 0 Å². The van der Waals surface area contributed by atoms with Gasteiger partial charge in [0.05, 0.1) is 18.3 Å². The quantitative estimate of drug-likeness (QED) is 0.837. The van der Waals surface area contributed by atoms with Crippen molar-refractivity contribution in [1.29, 1.82) is 0 Å². The summed E-state index contributed by atoms with van der Waals surface area (Å²) in [7, 11) is 0. The Morgan fingerprint density at radius 2 is 2.27 bits per heavy atom. The molecule has 1 aliphatic heterocycles. The molecule has 0 aliphatic carbocycles. The number of nitrogens with zero attached hydrogens (tertiary/aromatic N) is 2. The number of aryl methyl sites for hydroxylation is 2. The van der Waals surface area contributed by atoms with Crippen LogP contribution in [0.15, 0.2) is 0 Å². The van der Waals surface area contributed by atoms with E-state index in [0.29, 0.717) is 5.92 Å². The van der Waals surface area contributed by atoms with Crippen LogP contribution in [0.1, 0.15) is 23.9 Å². The third kappa shape index (κ3) is 1.88. The molecule has 2 unspecified atom stereocenters. The van der Waals surface area contributed by atoms with Crippen LogP contribution in [0.5, 0.6) is 0 Å². The van der Waals surface area contributed by atoms with E-state index in [1.165, 1.54) is 4.88 Å². The summed E-state index contributed by atoms with van der Waals surface area (Å²) in [6.07, 6.45) is 1.16. The van der Waals surface area contributed by atoms with Gasteiger partial charge in [0.2, 0.25) is 0 Å². The molecule has 1 N–H and O–H groups in total. The Balaban J connectivity index is 2.23. The van der Waals surface area contributed by atoms with Crippen LogP contribution in [0.3, 0.4) is 0 Å². The molecule has 1 saturated heterocycles. The van der Waals surface area contributed by atoms with Crippen molar-refractivity contribution in [3.8, 4) is 0 Å². The topological polar surface area (TPSA) is 36.4 Å². The van der Waals surface area contributed by atoms with Crippen molar-refractivity contribution in [2.75, 3.05) is 18.1 Å². The molecule has 2 heterocycles. The average molecular weight is 226 g/mol. The van der Waals surface area contributed by atoms with E-state index in [-0.39, 0.29) is 12.6 Å². The molecule has 1 aromatic heterocycles. The molecule has 4 heteroatoms. The molecule has 15 heavy (non-hydrogen) atoms. The minimum Gasteiger partial charge on any atom is -0.394 e. The van der Waals surface area contributed by atoms with Gasteiger partial charge in [-0.1, -0.05) is 6.92 Å². The average Bonchev–Trinajstić information content (AvgIpc) is 2.71. The molecule has 84 valence electrons. The van der Waals surface area contributed by atoms with Crippen LogP contribution in [-0.2, 0) is 0 Å². The number of aliphatic hydroxyl groups excluding tert-OH is 1. The summed E-state index contributed by atoms with van der Waals surface area (Å²) in [5.41, 5.74) is 1.12. The van der Waals surface area contributed by atoms with Crippen LogP contribution in [0.2, 0.25) is 0 Å². The summed E-state index contributed by atoms with van der Waals surface area (Å²) >= 11 is 1.74. The predicted octanol–water partition coefficient (Wildman–Crippen LogP) is 1.97. The SMILES string of the molecule is Cc1nc(N2CCC(C)C2CO)sc1C. The number of thiazole rings is 1. The van der Waals surface area contributed by atoms with E-state index in [1.54, 1.807) is 11.3 Å². The Morgan fingerprint density at radius 1 is 1.53 bits per heavy atom. The zero-order chi connectivity index (χ0) is 11.0. The van der Waals surface area contributed by atoms with E-state index in [2.05, 4.69) is 23.7 Å². The molecule has 2 rings (SSSR count). The molecule has 0 radical (unpaired) electrons. The maximum atomic E-state index is 9.38. The fourth-order valence-corrected chi connectivity index (χ4v) is 3.10. The molecule has 1 aromatic rings. The van der Waals surface area contributed by atoms with Crippen LogP contribution >= 0.6 is 11.3 Å². The molecule has 0 amide bonds. The van der Waals surface area contributed by atoms with Crippen molar-refractivity contribution < 1.29 is 5.11 Å². The fourth-order valence-electron chi connectivity index (χ4n) is 2.10. The lowest BCUT2D eigenvalue weighted by molar-refractivity contribution is 0.244. The molecule has 1 aliphatic rings. The van der Waals surface area contributed by atoms with Crippen LogP contribution < -0.4 is 4.90 Å². The van der Waals surface area contributed by atoms with Gasteiger partial charge in [-0.15, -0.1) is 11.3 Å². The number of hydrogen-bond donors (Lipinski definition) is 1. The second-order valence-electron chi connectivity index (χ2n) is 4.35. The van der Waals surface area contributed by atoms with Crippen LogP contribution in [-0.4, -0.2) is 29.3 Å². The first-order chi connectivity index (χ1) is 7.13. The highest BCUT2D eigenvalue weighted by atomic mass is 32.1. The van der Waals surface area contributed by atoms with Crippen LogP contribution in [0, 0.1) is 19.8 Å². The lowest BCUT2D eigenvalue weighted by atomic mass is 10.0. The number of rotatable bonds is 2. The third-order valence-electron chi connectivity index (χ3n) is 3.33. The van der Waals surface area contributed by atoms with Crippen molar-refractivity contribution in [1.82, 2.24) is 4.98 Å². The number of anilines is 1. The lowest BCUT2D eigenvalue weighted by Gasteiger charge is -2.24. The molecule has 2 atom stereocenters. The maximum Gasteiger partial charge on any atom is 0.186 e. The predicted molar refractivity (Wildman–Crippen MR) is 63.6 cm³/mol. The van der Waals surface area contributed by atoms with E-state index in [1.807, 2.05) is 6.92 Å². The molecule has 0 saturated carbocycles. The highest BCUT2D eigenvalue weighted by Gasteiger charge is 2.32. The molecule has 0 aromatic carbocycles. The number of hydrogen-bond acceptors (Lipinski definition) is 4. The Labute approximate surface area is 94.8 Å². The third-order valence-corrected chi connectivity index (χ3v) is 4.44. The Morgan fingerprint density at radius 3 is 2.80 bits per heavy atom. The number of aliphatic hydroxyl groups is 1. The summed E-state index contributed by atoms with van der Waals surface area (Å²) in [6.45, 7) is 7.61.